The molecule has 1 aliphatic heterocycles. The lowest BCUT2D eigenvalue weighted by Gasteiger charge is -2.33. The number of hydrazone groups is 1. The van der Waals surface area contributed by atoms with Crippen LogP contribution >= 0.6 is 27.7 Å². The van der Waals surface area contributed by atoms with E-state index in [1.54, 1.807) is 0 Å². The van der Waals surface area contributed by atoms with E-state index in [9.17, 15) is 0 Å². The first-order chi connectivity index (χ1) is 14.8. The van der Waals surface area contributed by atoms with Gasteiger partial charge in [0, 0.05) is 38.3 Å². The summed E-state index contributed by atoms with van der Waals surface area (Å²) in [6.45, 7) is 8.43. The van der Waals surface area contributed by atoms with E-state index >= 15 is 0 Å². The molecule has 2 aliphatic rings. The lowest BCUT2D eigenvalue weighted by molar-refractivity contribution is 0.132. The lowest BCUT2D eigenvalue weighted by Crippen LogP contribution is -2.42. The maximum Gasteiger partial charge on any atom is 0.174 e. The van der Waals surface area contributed by atoms with Gasteiger partial charge in [0.05, 0.1) is 11.0 Å². The Morgan fingerprint density at radius 1 is 1.23 bits per heavy atom. The van der Waals surface area contributed by atoms with Crippen molar-refractivity contribution in [1.29, 1.82) is 0 Å². The summed E-state index contributed by atoms with van der Waals surface area (Å²) in [7, 11) is 0.928. The minimum absolute atomic E-state index is 0.0487. The van der Waals surface area contributed by atoms with Crippen molar-refractivity contribution in [2.75, 3.05) is 25.3 Å². The van der Waals surface area contributed by atoms with Crippen molar-refractivity contribution in [2.45, 2.75) is 56.9 Å². The van der Waals surface area contributed by atoms with Crippen molar-refractivity contribution >= 4 is 57.7 Å². The molecule has 0 radical (unpaired) electrons. The molecular formula is C22H32BrN5OSSi. The Bertz CT molecular complexity index is 947. The van der Waals surface area contributed by atoms with E-state index in [4.69, 9.17) is 14.8 Å². The molecule has 4 rings (SSSR count). The van der Waals surface area contributed by atoms with Gasteiger partial charge in [-0.05, 0) is 53.0 Å². The third-order valence-corrected chi connectivity index (χ3v) is 9.35. The Balaban J connectivity index is 1.55. The van der Waals surface area contributed by atoms with Crippen LogP contribution in [-0.2, 0) is 4.74 Å². The maximum atomic E-state index is 6.19. The minimum atomic E-state index is -1.14. The molecule has 6 nitrogen and oxygen atoms in total. The lowest BCUT2D eigenvalue weighted by atomic mass is 10.1. The van der Waals surface area contributed by atoms with Gasteiger partial charge in [0.1, 0.15) is 17.6 Å². The Morgan fingerprint density at radius 3 is 2.74 bits per heavy atom. The van der Waals surface area contributed by atoms with Gasteiger partial charge in [-0.2, -0.15) is 5.10 Å². The first-order valence-corrected chi connectivity index (χ1v) is 16.4. The highest BCUT2D eigenvalue weighted by Crippen LogP contribution is 2.38. The molecule has 2 aromatic rings. The van der Waals surface area contributed by atoms with Crippen molar-refractivity contribution < 1.29 is 4.74 Å². The summed E-state index contributed by atoms with van der Waals surface area (Å²) in [6, 6.07) is 7.26. The second-order valence-electron chi connectivity index (χ2n) is 9.62. The number of pyridine rings is 2. The first-order valence-electron chi connectivity index (χ1n) is 11.0. The number of hydrogen-bond donors (Lipinski definition) is 0. The molecular weight excluding hydrogens is 490 g/mol. The molecule has 0 aromatic carbocycles. The highest BCUT2D eigenvalue weighted by molar-refractivity contribution is 9.10. The normalized spacial score (nSPS) is 20.0. The average Bonchev–Trinajstić information content (AvgIpc) is 3.37. The minimum Gasteiger partial charge on any atom is -0.361 e. The first kappa shape index (κ1) is 23.0. The number of hydrogen-bond acceptors (Lipinski definition) is 7. The molecule has 1 saturated carbocycles. The molecule has 1 fully saturated rings. The van der Waals surface area contributed by atoms with Crippen LogP contribution in [-0.4, -0.2) is 54.0 Å². The molecule has 1 unspecified atom stereocenters. The third kappa shape index (κ3) is 5.80. The van der Waals surface area contributed by atoms with Crippen molar-refractivity contribution in [3.05, 3.63) is 28.9 Å². The molecule has 1 atom stereocenters. The van der Waals surface area contributed by atoms with E-state index in [1.807, 2.05) is 36.2 Å². The van der Waals surface area contributed by atoms with Crippen molar-refractivity contribution in [3.63, 3.8) is 0 Å². The van der Waals surface area contributed by atoms with E-state index in [0.29, 0.717) is 12.6 Å². The highest BCUT2D eigenvalue weighted by Gasteiger charge is 2.35. The van der Waals surface area contributed by atoms with Crippen LogP contribution in [0.2, 0.25) is 25.7 Å². The zero-order valence-electron chi connectivity index (χ0n) is 18.8. The molecule has 0 amide bonds. The number of halogens is 1. The van der Waals surface area contributed by atoms with E-state index in [1.165, 1.54) is 30.7 Å². The zero-order valence-corrected chi connectivity index (χ0v) is 22.2. The number of nitrogens with zero attached hydrogens (tertiary/aromatic N) is 5. The van der Waals surface area contributed by atoms with Gasteiger partial charge >= 0.3 is 0 Å². The number of fused-ring (bicyclic) bond motifs is 1. The van der Waals surface area contributed by atoms with Crippen LogP contribution in [0.1, 0.15) is 25.7 Å². The zero-order chi connectivity index (χ0) is 22.0. The highest BCUT2D eigenvalue weighted by atomic mass is 79.9. The molecule has 0 spiro atoms. The van der Waals surface area contributed by atoms with Gasteiger partial charge in [-0.15, -0.1) is 0 Å². The van der Waals surface area contributed by atoms with Crippen molar-refractivity contribution in [3.8, 4) is 0 Å². The van der Waals surface area contributed by atoms with Crippen LogP contribution < -0.4 is 4.90 Å². The molecule has 2 aromatic heterocycles. The van der Waals surface area contributed by atoms with Crippen LogP contribution in [0.3, 0.4) is 0 Å². The van der Waals surface area contributed by atoms with Gasteiger partial charge in [0.2, 0.25) is 0 Å². The van der Waals surface area contributed by atoms with Gasteiger partial charge in [0.15, 0.2) is 5.50 Å². The Labute approximate surface area is 199 Å². The fourth-order valence-corrected chi connectivity index (χ4v) is 6.34. The van der Waals surface area contributed by atoms with Gasteiger partial charge in [-0.3, -0.25) is 9.99 Å². The topological polar surface area (TPSA) is 53.9 Å². The van der Waals surface area contributed by atoms with Crippen LogP contribution in [0.15, 0.2) is 34.0 Å². The molecule has 0 bridgehead atoms. The van der Waals surface area contributed by atoms with Gasteiger partial charge < -0.3 is 9.64 Å². The van der Waals surface area contributed by atoms with E-state index in [-0.39, 0.29) is 5.50 Å². The second-order valence-corrected chi connectivity index (χ2v) is 17.2. The quantitative estimate of drug-likeness (QED) is 0.242. The average molecular weight is 523 g/mol. The summed E-state index contributed by atoms with van der Waals surface area (Å²) in [4.78, 5) is 11.6. The van der Waals surface area contributed by atoms with E-state index in [0.717, 1.165) is 34.0 Å². The Kier molecular flexibility index (Phi) is 7.25. The summed E-state index contributed by atoms with van der Waals surface area (Å²) in [5.41, 5.74) is 1.82. The SMILES string of the molecule is CN1N=C(C2CCCC2)SC1N(COCC[Si](C)(C)C)c1ccc2ncc(Br)cc2n1. The van der Waals surface area contributed by atoms with E-state index < -0.39 is 8.07 Å². The predicted molar refractivity (Wildman–Crippen MR) is 137 cm³/mol. The summed E-state index contributed by atoms with van der Waals surface area (Å²) >= 11 is 5.37. The number of anilines is 1. The van der Waals surface area contributed by atoms with Gasteiger partial charge in [-0.1, -0.05) is 44.2 Å². The van der Waals surface area contributed by atoms with Crippen molar-refractivity contribution in [1.82, 2.24) is 15.0 Å². The summed E-state index contributed by atoms with van der Waals surface area (Å²) in [5.74, 6) is 1.50. The van der Waals surface area contributed by atoms with Crippen LogP contribution in [0.4, 0.5) is 5.82 Å². The Morgan fingerprint density at radius 2 is 2.00 bits per heavy atom. The Hall–Kier alpha value is -1.16. The molecule has 0 N–H and O–H groups in total. The van der Waals surface area contributed by atoms with Gasteiger partial charge in [-0.25, -0.2) is 4.98 Å². The third-order valence-electron chi connectivity index (χ3n) is 5.78. The molecule has 9 heteroatoms. The number of ether oxygens (including phenoxy) is 1. The number of aromatic nitrogens is 2. The molecule has 31 heavy (non-hydrogen) atoms. The summed E-state index contributed by atoms with van der Waals surface area (Å²) in [5, 5.41) is 8.26. The summed E-state index contributed by atoms with van der Waals surface area (Å²) < 4.78 is 7.12. The summed E-state index contributed by atoms with van der Waals surface area (Å²) in [6.07, 6.45) is 6.95. The monoisotopic (exact) mass is 521 g/mol. The van der Waals surface area contributed by atoms with Crippen LogP contribution in [0.25, 0.3) is 11.0 Å². The maximum absolute atomic E-state index is 6.19. The van der Waals surface area contributed by atoms with Crippen LogP contribution in [0.5, 0.6) is 0 Å². The van der Waals surface area contributed by atoms with Gasteiger partial charge in [0.25, 0.3) is 0 Å². The fourth-order valence-electron chi connectivity index (χ4n) is 3.94. The largest absolute Gasteiger partial charge is 0.361 e. The van der Waals surface area contributed by atoms with E-state index in [2.05, 4.69) is 57.5 Å². The number of thioether (sulfide) groups is 1. The fraction of sp³-hybridized carbons (Fsp3) is 0.591. The molecule has 168 valence electrons. The second kappa shape index (κ2) is 9.76. The standard InChI is InChI=1S/C22H32BrN5OSSi/c1-27-22(30-21(26-27)16-7-5-6-8-16)28(15-29-11-12-31(2,3)4)20-10-9-18-19(25-20)13-17(23)14-24-18/h9-10,13-14,16,22H,5-8,11-12,15H2,1-4H3. The van der Waals surface area contributed by atoms with Crippen molar-refractivity contribution in [2.24, 2.45) is 11.0 Å². The smallest absolute Gasteiger partial charge is 0.174 e. The molecule has 1 aliphatic carbocycles. The molecule has 3 heterocycles. The number of rotatable bonds is 8. The predicted octanol–water partition coefficient (Wildman–Crippen LogP) is 5.98. The van der Waals surface area contributed by atoms with Crippen LogP contribution in [0, 0.1) is 5.92 Å². The molecule has 0 saturated heterocycles.